The van der Waals surface area contributed by atoms with Crippen LogP contribution < -0.4 is 5.73 Å². The quantitative estimate of drug-likeness (QED) is 0.795. The minimum Gasteiger partial charge on any atom is -0.343 e. The number of nitriles is 1. The molecule has 0 aliphatic heterocycles. The summed E-state index contributed by atoms with van der Waals surface area (Å²) in [7, 11) is 0. The zero-order valence-electron chi connectivity index (χ0n) is 11.8. The number of aromatic nitrogens is 1. The fourth-order valence-corrected chi connectivity index (χ4v) is 2.63. The zero-order chi connectivity index (χ0) is 14.7. The Morgan fingerprint density at radius 2 is 1.95 bits per heavy atom. The molecule has 2 N–H and O–H groups in total. The van der Waals surface area contributed by atoms with E-state index in [0.29, 0.717) is 12.1 Å². The molecule has 0 spiro atoms. The van der Waals surface area contributed by atoms with Gasteiger partial charge in [0, 0.05) is 18.3 Å². The molecular formula is C18H17N3. The molecule has 0 unspecified atom stereocenters. The van der Waals surface area contributed by atoms with Gasteiger partial charge in [0.1, 0.15) is 0 Å². The third-order valence-corrected chi connectivity index (χ3v) is 3.68. The Morgan fingerprint density at radius 3 is 2.76 bits per heavy atom. The second-order valence-electron chi connectivity index (χ2n) is 5.19. The lowest BCUT2D eigenvalue weighted by Crippen LogP contribution is -2.03. The molecule has 21 heavy (non-hydrogen) atoms. The molecule has 0 saturated heterocycles. The van der Waals surface area contributed by atoms with E-state index in [1.165, 1.54) is 16.5 Å². The van der Waals surface area contributed by atoms with Gasteiger partial charge in [-0.3, -0.25) is 0 Å². The van der Waals surface area contributed by atoms with Gasteiger partial charge in [-0.2, -0.15) is 5.26 Å². The van der Waals surface area contributed by atoms with Crippen LogP contribution >= 0.6 is 0 Å². The maximum Gasteiger partial charge on any atom is 0.0991 e. The Hall–Kier alpha value is -2.57. The van der Waals surface area contributed by atoms with Crippen molar-refractivity contribution in [1.82, 2.24) is 4.57 Å². The van der Waals surface area contributed by atoms with E-state index in [1.54, 1.807) is 0 Å². The van der Waals surface area contributed by atoms with E-state index in [-0.39, 0.29) is 0 Å². The third kappa shape index (κ3) is 2.81. The lowest BCUT2D eigenvalue weighted by atomic mass is 10.1. The summed E-state index contributed by atoms with van der Waals surface area (Å²) in [5.74, 6) is 0. The van der Waals surface area contributed by atoms with E-state index in [4.69, 9.17) is 11.0 Å². The standard InChI is InChI=1S/C18H17N3/c19-8-6-14-4-5-17-7-9-21(18(17)11-14)13-16-3-1-2-15(10-16)12-20/h1-5,7,9-11H,6,8,13,19H2. The summed E-state index contributed by atoms with van der Waals surface area (Å²) in [5, 5.41) is 10.2. The van der Waals surface area contributed by atoms with Crippen LogP contribution in [0.2, 0.25) is 0 Å². The molecule has 3 heteroatoms. The van der Waals surface area contributed by atoms with Crippen LogP contribution in [0.15, 0.2) is 54.7 Å². The lowest BCUT2D eigenvalue weighted by molar-refractivity contribution is 0.835. The van der Waals surface area contributed by atoms with Crippen molar-refractivity contribution in [2.24, 2.45) is 5.73 Å². The molecule has 0 aliphatic carbocycles. The van der Waals surface area contributed by atoms with E-state index in [1.807, 2.05) is 18.2 Å². The van der Waals surface area contributed by atoms with Crippen molar-refractivity contribution in [3.05, 3.63) is 71.4 Å². The van der Waals surface area contributed by atoms with Crippen LogP contribution in [0, 0.1) is 11.3 Å². The Morgan fingerprint density at radius 1 is 1.05 bits per heavy atom. The first-order valence-corrected chi connectivity index (χ1v) is 7.07. The van der Waals surface area contributed by atoms with Gasteiger partial charge in [-0.15, -0.1) is 0 Å². The second-order valence-corrected chi connectivity index (χ2v) is 5.19. The molecule has 0 amide bonds. The minimum atomic E-state index is 0.663. The van der Waals surface area contributed by atoms with Crippen LogP contribution in [0.5, 0.6) is 0 Å². The van der Waals surface area contributed by atoms with Gasteiger partial charge in [-0.1, -0.05) is 24.3 Å². The molecule has 2 aromatic carbocycles. The number of benzene rings is 2. The highest BCUT2D eigenvalue weighted by Crippen LogP contribution is 2.19. The molecular weight excluding hydrogens is 258 g/mol. The molecule has 3 nitrogen and oxygen atoms in total. The number of nitrogens with zero attached hydrogens (tertiary/aromatic N) is 2. The molecule has 0 atom stereocenters. The number of rotatable bonds is 4. The molecule has 1 aromatic heterocycles. The van der Waals surface area contributed by atoms with E-state index in [2.05, 4.69) is 47.2 Å². The molecule has 104 valence electrons. The second kappa shape index (κ2) is 5.82. The summed E-state index contributed by atoms with van der Waals surface area (Å²) in [5.41, 5.74) is 9.94. The molecule has 0 bridgehead atoms. The lowest BCUT2D eigenvalue weighted by Gasteiger charge is -2.07. The maximum atomic E-state index is 8.99. The summed E-state index contributed by atoms with van der Waals surface area (Å²) in [6.07, 6.45) is 2.99. The Balaban J connectivity index is 1.96. The summed E-state index contributed by atoms with van der Waals surface area (Å²) in [6, 6.07) is 18.5. The van der Waals surface area contributed by atoms with Crippen LogP contribution in [0.1, 0.15) is 16.7 Å². The first-order valence-electron chi connectivity index (χ1n) is 7.07. The van der Waals surface area contributed by atoms with Gasteiger partial charge in [0.25, 0.3) is 0 Å². The van der Waals surface area contributed by atoms with Crippen LogP contribution in [0.4, 0.5) is 0 Å². The number of hydrogen-bond acceptors (Lipinski definition) is 2. The van der Waals surface area contributed by atoms with Crippen LogP contribution in [0.25, 0.3) is 10.9 Å². The van der Waals surface area contributed by atoms with E-state index in [9.17, 15) is 0 Å². The minimum absolute atomic E-state index is 0.663. The molecule has 0 fully saturated rings. The van der Waals surface area contributed by atoms with E-state index < -0.39 is 0 Å². The van der Waals surface area contributed by atoms with Crippen molar-refractivity contribution in [1.29, 1.82) is 5.26 Å². The SMILES string of the molecule is N#Cc1cccc(Cn2ccc3ccc(CCN)cc32)c1. The zero-order valence-corrected chi connectivity index (χ0v) is 11.8. The van der Waals surface area contributed by atoms with Crippen molar-refractivity contribution >= 4 is 10.9 Å². The number of nitrogens with two attached hydrogens (primary N) is 1. The van der Waals surface area contributed by atoms with Crippen LogP contribution in [0.3, 0.4) is 0 Å². The van der Waals surface area contributed by atoms with Gasteiger partial charge in [0.05, 0.1) is 11.6 Å². The maximum absolute atomic E-state index is 8.99. The monoisotopic (exact) mass is 275 g/mol. The predicted molar refractivity (Wildman–Crippen MR) is 85.0 cm³/mol. The smallest absolute Gasteiger partial charge is 0.0991 e. The fraction of sp³-hybridized carbons (Fsp3) is 0.167. The Kier molecular flexibility index (Phi) is 3.72. The Bertz CT molecular complexity index is 809. The van der Waals surface area contributed by atoms with Gasteiger partial charge < -0.3 is 10.3 Å². The largest absolute Gasteiger partial charge is 0.343 e. The van der Waals surface area contributed by atoms with Gasteiger partial charge in [0.15, 0.2) is 0 Å². The van der Waals surface area contributed by atoms with Crippen molar-refractivity contribution in [2.45, 2.75) is 13.0 Å². The number of hydrogen-bond donors (Lipinski definition) is 1. The molecule has 3 rings (SSSR count). The Labute approximate surface area is 124 Å². The summed E-state index contributed by atoms with van der Waals surface area (Å²) >= 11 is 0. The van der Waals surface area contributed by atoms with Gasteiger partial charge in [-0.25, -0.2) is 0 Å². The highest BCUT2D eigenvalue weighted by molar-refractivity contribution is 5.81. The topological polar surface area (TPSA) is 54.7 Å². The number of fused-ring (bicyclic) bond motifs is 1. The molecule has 0 saturated carbocycles. The van der Waals surface area contributed by atoms with Crippen LogP contribution in [-0.2, 0) is 13.0 Å². The van der Waals surface area contributed by atoms with E-state index >= 15 is 0 Å². The molecule has 0 radical (unpaired) electrons. The van der Waals surface area contributed by atoms with E-state index in [0.717, 1.165) is 18.5 Å². The summed E-state index contributed by atoms with van der Waals surface area (Å²) in [4.78, 5) is 0. The molecule has 0 aliphatic rings. The van der Waals surface area contributed by atoms with Crippen LogP contribution in [-0.4, -0.2) is 11.1 Å². The summed E-state index contributed by atoms with van der Waals surface area (Å²) < 4.78 is 2.21. The average molecular weight is 275 g/mol. The van der Waals surface area contributed by atoms with Crippen molar-refractivity contribution in [3.8, 4) is 6.07 Å². The summed E-state index contributed by atoms with van der Waals surface area (Å²) in [6.45, 7) is 1.43. The van der Waals surface area contributed by atoms with Gasteiger partial charge >= 0.3 is 0 Å². The average Bonchev–Trinajstić information content (AvgIpc) is 2.90. The highest BCUT2D eigenvalue weighted by atomic mass is 14.9. The highest BCUT2D eigenvalue weighted by Gasteiger charge is 2.04. The van der Waals surface area contributed by atoms with Gasteiger partial charge in [-0.05, 0) is 53.7 Å². The normalized spacial score (nSPS) is 10.7. The first kappa shape index (κ1) is 13.4. The van der Waals surface area contributed by atoms with Gasteiger partial charge in [0.2, 0.25) is 0 Å². The molecule has 1 heterocycles. The van der Waals surface area contributed by atoms with Crippen molar-refractivity contribution < 1.29 is 0 Å². The van der Waals surface area contributed by atoms with Crippen molar-refractivity contribution in [2.75, 3.05) is 6.54 Å². The van der Waals surface area contributed by atoms with Crippen molar-refractivity contribution in [3.63, 3.8) is 0 Å². The fourth-order valence-electron chi connectivity index (χ4n) is 2.63. The predicted octanol–water partition coefficient (Wildman–Crippen LogP) is 3.06. The first-order chi connectivity index (χ1) is 10.3. The molecule has 3 aromatic rings. The third-order valence-electron chi connectivity index (χ3n) is 3.68.